The van der Waals surface area contributed by atoms with Crippen molar-refractivity contribution in [2.24, 2.45) is 5.92 Å². The van der Waals surface area contributed by atoms with E-state index >= 15 is 0 Å². The van der Waals surface area contributed by atoms with E-state index in [1.807, 2.05) is 66.7 Å². The maximum atomic E-state index is 14.9. The van der Waals surface area contributed by atoms with E-state index in [4.69, 9.17) is 34.8 Å². The normalized spacial score (nSPS) is 26.2. The molecule has 0 spiro atoms. The summed E-state index contributed by atoms with van der Waals surface area (Å²) in [5.74, 6) is -0.120. The van der Waals surface area contributed by atoms with E-state index in [2.05, 4.69) is 17.1 Å². The number of likely N-dealkylation sites (N-methyl/N-ethyl adjacent to an activating group) is 1. The third-order valence-electron chi connectivity index (χ3n) is 9.38. The minimum atomic E-state index is -1.01. The Balaban J connectivity index is 1.76. The van der Waals surface area contributed by atoms with E-state index in [0.717, 1.165) is 42.5 Å². The van der Waals surface area contributed by atoms with Crippen LogP contribution in [0.5, 0.6) is 0 Å². The summed E-state index contributed by atoms with van der Waals surface area (Å²) < 4.78 is 0. The van der Waals surface area contributed by atoms with E-state index in [1.165, 1.54) is 0 Å². The van der Waals surface area contributed by atoms with Crippen LogP contribution in [0, 0.1) is 5.92 Å². The fraction of sp³-hybridized carbons (Fsp3) is 0.429. The van der Waals surface area contributed by atoms with Crippen LogP contribution in [0.3, 0.4) is 0 Å². The van der Waals surface area contributed by atoms with Gasteiger partial charge in [0.05, 0.1) is 27.7 Å². The highest BCUT2D eigenvalue weighted by Crippen LogP contribution is 2.51. The van der Waals surface area contributed by atoms with Gasteiger partial charge >= 0.3 is 0 Å². The zero-order valence-corrected chi connectivity index (χ0v) is 27.3. The third kappa shape index (κ3) is 6.39. The fourth-order valence-electron chi connectivity index (χ4n) is 7.45. The van der Waals surface area contributed by atoms with Crippen molar-refractivity contribution < 1.29 is 9.59 Å². The first-order valence-corrected chi connectivity index (χ1v) is 16.3. The predicted molar refractivity (Wildman–Crippen MR) is 176 cm³/mol. The molecule has 5 rings (SSSR count). The number of nitrogens with zero attached hydrogens (tertiary/aromatic N) is 2. The molecule has 3 aromatic rings. The van der Waals surface area contributed by atoms with Gasteiger partial charge in [0.2, 0.25) is 5.91 Å². The third-order valence-corrected chi connectivity index (χ3v) is 10.4. The summed E-state index contributed by atoms with van der Waals surface area (Å²) in [7, 11) is 3.59. The number of nitrogens with one attached hydrogen (secondary N) is 1. The van der Waals surface area contributed by atoms with Gasteiger partial charge in [0, 0.05) is 38.0 Å². The zero-order valence-electron chi connectivity index (χ0n) is 25.0. The number of rotatable bonds is 8. The molecule has 2 fully saturated rings. The molecule has 2 saturated heterocycles. The van der Waals surface area contributed by atoms with Crippen LogP contribution in [0.25, 0.3) is 0 Å². The standard InChI is InChI=1S/C35H40Cl3N3O2/c1-4-24-11-9-18-39-33(24)41-19-17-35(34(43)40(2)3,26-12-6-5-7-13-26)31(25-15-16-28(37)29(38)22-25)32(41)30(42)21-23-10-8-14-27(36)20-23/h5-8,10,12-16,20,22,24,31-33,39H,4,9,11,17-19,21H2,1-3H3. The van der Waals surface area contributed by atoms with Gasteiger partial charge in [0.25, 0.3) is 0 Å². The molecule has 2 heterocycles. The highest BCUT2D eigenvalue weighted by molar-refractivity contribution is 6.42. The average Bonchev–Trinajstić information content (AvgIpc) is 3.01. The van der Waals surface area contributed by atoms with Crippen molar-refractivity contribution in [3.63, 3.8) is 0 Å². The lowest BCUT2D eigenvalue weighted by Gasteiger charge is -2.55. The highest BCUT2D eigenvalue weighted by atomic mass is 35.5. The van der Waals surface area contributed by atoms with E-state index in [-0.39, 0.29) is 24.3 Å². The minimum Gasteiger partial charge on any atom is -0.348 e. The summed E-state index contributed by atoms with van der Waals surface area (Å²) in [6, 6.07) is 22.4. The second-order valence-electron chi connectivity index (χ2n) is 12.1. The molecule has 0 aliphatic carbocycles. The second-order valence-corrected chi connectivity index (χ2v) is 13.4. The van der Waals surface area contributed by atoms with Crippen LogP contribution in [0.1, 0.15) is 55.2 Å². The van der Waals surface area contributed by atoms with Crippen LogP contribution in [-0.4, -0.2) is 60.9 Å². The smallest absolute Gasteiger partial charge is 0.233 e. The first-order valence-electron chi connectivity index (χ1n) is 15.2. The number of halogens is 3. The maximum absolute atomic E-state index is 14.9. The van der Waals surface area contributed by atoms with Gasteiger partial charge in [-0.15, -0.1) is 0 Å². The monoisotopic (exact) mass is 639 g/mol. The van der Waals surface area contributed by atoms with Gasteiger partial charge in [-0.3, -0.25) is 14.5 Å². The summed E-state index contributed by atoms with van der Waals surface area (Å²) in [5, 5.41) is 5.20. The van der Waals surface area contributed by atoms with Gasteiger partial charge in [0.15, 0.2) is 5.78 Å². The van der Waals surface area contributed by atoms with Crippen LogP contribution in [0.15, 0.2) is 72.8 Å². The first-order chi connectivity index (χ1) is 20.7. The Bertz CT molecular complexity index is 1450. The van der Waals surface area contributed by atoms with E-state index in [1.54, 1.807) is 25.1 Å². The summed E-state index contributed by atoms with van der Waals surface area (Å²) in [6.07, 6.45) is 3.96. The quantitative estimate of drug-likeness (QED) is 0.279. The maximum Gasteiger partial charge on any atom is 0.233 e. The number of hydrogen-bond acceptors (Lipinski definition) is 4. The van der Waals surface area contributed by atoms with Gasteiger partial charge in [-0.25, -0.2) is 0 Å². The molecule has 8 heteroatoms. The molecular weight excluding hydrogens is 601 g/mol. The summed E-state index contributed by atoms with van der Waals surface area (Å²) >= 11 is 19.4. The molecule has 1 N–H and O–H groups in total. The van der Waals surface area contributed by atoms with Crippen molar-refractivity contribution in [2.75, 3.05) is 27.2 Å². The number of amides is 1. The van der Waals surface area contributed by atoms with Crippen molar-refractivity contribution in [1.29, 1.82) is 0 Å². The van der Waals surface area contributed by atoms with Crippen molar-refractivity contribution in [1.82, 2.24) is 15.1 Å². The molecule has 1 amide bonds. The van der Waals surface area contributed by atoms with Gasteiger partial charge in [-0.1, -0.05) is 96.7 Å². The summed E-state index contributed by atoms with van der Waals surface area (Å²) in [4.78, 5) is 33.5. The second kappa shape index (κ2) is 13.7. The Morgan fingerprint density at radius 2 is 1.74 bits per heavy atom. The molecule has 3 aromatic carbocycles. The van der Waals surface area contributed by atoms with Crippen LogP contribution >= 0.6 is 34.8 Å². The number of carbonyl (C=O) groups excluding carboxylic acids is 2. The number of piperidine rings is 2. The Kier molecular flexibility index (Phi) is 10.2. The SMILES string of the molecule is CCC1CCCNC1N1CCC(C(=O)N(C)C)(c2ccccc2)C(c2ccc(Cl)c(Cl)c2)C1C(=O)Cc1cccc(Cl)c1. The van der Waals surface area contributed by atoms with Gasteiger partial charge in [-0.2, -0.15) is 0 Å². The molecule has 0 aromatic heterocycles. The van der Waals surface area contributed by atoms with Crippen molar-refractivity contribution in [2.45, 2.75) is 62.6 Å². The molecule has 0 bridgehead atoms. The molecular formula is C35H40Cl3N3O2. The number of Topliss-reactive ketones (excluding diaryl/α,β-unsaturated/α-hetero) is 1. The number of likely N-dealkylation sites (tertiary alicyclic amines) is 1. The number of carbonyl (C=O) groups is 2. The number of benzene rings is 3. The molecule has 0 radical (unpaired) electrons. The molecule has 5 atom stereocenters. The number of ketones is 1. The molecule has 2 aliphatic rings. The fourth-order valence-corrected chi connectivity index (χ4v) is 7.96. The van der Waals surface area contributed by atoms with E-state index in [9.17, 15) is 9.59 Å². The molecule has 5 nitrogen and oxygen atoms in total. The van der Waals surface area contributed by atoms with Crippen LogP contribution in [0.4, 0.5) is 0 Å². The van der Waals surface area contributed by atoms with Gasteiger partial charge in [-0.05, 0) is 72.7 Å². The zero-order chi connectivity index (χ0) is 30.7. The first kappa shape index (κ1) is 32.0. The lowest BCUT2D eigenvalue weighted by molar-refractivity contribution is -0.144. The number of hydrogen-bond donors (Lipinski definition) is 1. The molecule has 0 saturated carbocycles. The van der Waals surface area contributed by atoms with Crippen LogP contribution < -0.4 is 5.32 Å². The molecule has 5 unspecified atom stereocenters. The molecule has 2 aliphatic heterocycles. The average molecular weight is 641 g/mol. The Labute approximate surface area is 270 Å². The largest absolute Gasteiger partial charge is 0.348 e. The van der Waals surface area contributed by atoms with Gasteiger partial charge < -0.3 is 10.2 Å². The lowest BCUT2D eigenvalue weighted by atomic mass is 9.58. The topological polar surface area (TPSA) is 52.7 Å². The highest BCUT2D eigenvalue weighted by Gasteiger charge is 2.58. The molecule has 228 valence electrons. The van der Waals surface area contributed by atoms with Crippen molar-refractivity contribution in [3.8, 4) is 0 Å². The van der Waals surface area contributed by atoms with E-state index < -0.39 is 17.4 Å². The minimum absolute atomic E-state index is 0.0144. The van der Waals surface area contributed by atoms with Crippen LogP contribution in [-0.2, 0) is 21.4 Å². The molecule has 43 heavy (non-hydrogen) atoms. The van der Waals surface area contributed by atoms with E-state index in [0.29, 0.717) is 34.0 Å². The van der Waals surface area contributed by atoms with Crippen LogP contribution in [0.2, 0.25) is 15.1 Å². The summed E-state index contributed by atoms with van der Waals surface area (Å²) in [5.41, 5.74) is 1.56. The Morgan fingerprint density at radius 3 is 2.42 bits per heavy atom. The van der Waals surface area contributed by atoms with Gasteiger partial charge in [0.1, 0.15) is 0 Å². The van der Waals surface area contributed by atoms with Crippen molar-refractivity contribution >= 4 is 46.5 Å². The summed E-state index contributed by atoms with van der Waals surface area (Å²) in [6.45, 7) is 3.70. The Hall–Kier alpha value is -2.41. The Morgan fingerprint density at radius 1 is 0.977 bits per heavy atom. The lowest BCUT2D eigenvalue weighted by Crippen LogP contribution is -2.68. The van der Waals surface area contributed by atoms with Crippen molar-refractivity contribution in [3.05, 3.63) is 105 Å². The predicted octanol–water partition coefficient (Wildman–Crippen LogP) is 7.38.